The highest BCUT2D eigenvalue weighted by molar-refractivity contribution is 7.99. The van der Waals surface area contributed by atoms with Crippen LogP contribution in [0.25, 0.3) is 11.5 Å². The van der Waals surface area contributed by atoms with E-state index in [1.807, 2.05) is 48.5 Å². The van der Waals surface area contributed by atoms with E-state index in [1.165, 1.54) is 11.8 Å². The van der Waals surface area contributed by atoms with Gasteiger partial charge in [0.25, 0.3) is 5.22 Å². The van der Waals surface area contributed by atoms with E-state index in [4.69, 9.17) is 13.9 Å². The van der Waals surface area contributed by atoms with Gasteiger partial charge in [0.1, 0.15) is 0 Å². The third-order valence-corrected chi connectivity index (χ3v) is 5.16. The number of ether oxygens (including phenoxy) is 2. The van der Waals surface area contributed by atoms with Gasteiger partial charge in [-0.25, -0.2) is 0 Å². The summed E-state index contributed by atoms with van der Waals surface area (Å²) in [5, 5.41) is 8.41. The highest BCUT2D eigenvalue weighted by Gasteiger charge is 2.14. The summed E-state index contributed by atoms with van der Waals surface area (Å²) in [7, 11) is 5.00. The number of carbonyl (C=O) groups excluding carboxylic acids is 1. The fourth-order valence-electron chi connectivity index (χ4n) is 2.66. The molecule has 3 aromatic rings. The zero-order valence-electron chi connectivity index (χ0n) is 16.6. The summed E-state index contributed by atoms with van der Waals surface area (Å²) in [6, 6.07) is 15.3. The standard InChI is InChI=1S/C21H23N3O4S/c1-24(12-11-15-9-10-17(26-2)18(13-15)27-3)19(25)14-29-21-23-22-20(28-21)16-7-5-4-6-8-16/h4-10,13H,11-12,14H2,1-3H3. The lowest BCUT2D eigenvalue weighted by molar-refractivity contribution is -0.127. The highest BCUT2D eigenvalue weighted by Crippen LogP contribution is 2.28. The lowest BCUT2D eigenvalue weighted by Gasteiger charge is -2.17. The molecular weight excluding hydrogens is 390 g/mol. The van der Waals surface area contributed by atoms with Crippen LogP contribution in [-0.2, 0) is 11.2 Å². The van der Waals surface area contributed by atoms with Crippen LogP contribution in [0.4, 0.5) is 0 Å². The molecule has 7 nitrogen and oxygen atoms in total. The van der Waals surface area contributed by atoms with Crippen molar-refractivity contribution in [3.8, 4) is 23.0 Å². The van der Waals surface area contributed by atoms with Gasteiger partial charge in [-0.1, -0.05) is 36.0 Å². The highest BCUT2D eigenvalue weighted by atomic mass is 32.2. The average Bonchev–Trinajstić information content (AvgIpc) is 3.25. The SMILES string of the molecule is COc1ccc(CCN(C)C(=O)CSc2nnc(-c3ccccc3)o2)cc1OC. The first-order valence-electron chi connectivity index (χ1n) is 9.07. The number of thioether (sulfide) groups is 1. The number of methoxy groups -OCH3 is 2. The predicted octanol–water partition coefficient (Wildman–Crippen LogP) is 3.55. The van der Waals surface area contributed by atoms with Gasteiger partial charge in [-0.2, -0.15) is 0 Å². The van der Waals surface area contributed by atoms with E-state index in [-0.39, 0.29) is 11.7 Å². The molecule has 3 rings (SSSR count). The molecule has 2 aromatic carbocycles. The molecule has 0 spiro atoms. The summed E-state index contributed by atoms with van der Waals surface area (Å²) in [6.07, 6.45) is 0.714. The van der Waals surface area contributed by atoms with Crippen LogP contribution >= 0.6 is 11.8 Å². The van der Waals surface area contributed by atoms with Crippen LogP contribution in [0.15, 0.2) is 58.2 Å². The van der Waals surface area contributed by atoms with Crippen molar-refractivity contribution in [1.29, 1.82) is 0 Å². The summed E-state index contributed by atoms with van der Waals surface area (Å²) in [5.41, 5.74) is 1.92. The van der Waals surface area contributed by atoms with Crippen LogP contribution in [0.1, 0.15) is 5.56 Å². The Morgan fingerprint density at radius 1 is 1.07 bits per heavy atom. The number of carbonyl (C=O) groups is 1. The Labute approximate surface area is 174 Å². The first-order valence-corrected chi connectivity index (χ1v) is 10.1. The van der Waals surface area contributed by atoms with Crippen LogP contribution in [0.3, 0.4) is 0 Å². The largest absolute Gasteiger partial charge is 0.493 e. The summed E-state index contributed by atoms with van der Waals surface area (Å²) in [4.78, 5) is 14.1. The van der Waals surface area contributed by atoms with E-state index in [0.717, 1.165) is 11.1 Å². The Morgan fingerprint density at radius 2 is 1.83 bits per heavy atom. The van der Waals surface area contributed by atoms with Gasteiger partial charge >= 0.3 is 0 Å². The monoisotopic (exact) mass is 413 g/mol. The molecule has 29 heavy (non-hydrogen) atoms. The van der Waals surface area contributed by atoms with Crippen molar-refractivity contribution in [2.45, 2.75) is 11.6 Å². The first kappa shape index (κ1) is 20.7. The quantitative estimate of drug-likeness (QED) is 0.497. The Morgan fingerprint density at radius 3 is 2.55 bits per heavy atom. The number of likely N-dealkylation sites (N-methyl/N-ethyl adjacent to an activating group) is 1. The fourth-order valence-corrected chi connectivity index (χ4v) is 3.36. The van der Waals surface area contributed by atoms with Gasteiger partial charge in [0, 0.05) is 19.2 Å². The Balaban J connectivity index is 1.49. The third kappa shape index (κ3) is 5.51. The molecule has 0 radical (unpaired) electrons. The zero-order valence-corrected chi connectivity index (χ0v) is 17.4. The van der Waals surface area contributed by atoms with E-state index in [0.29, 0.717) is 35.6 Å². The molecular formula is C21H23N3O4S. The number of hydrogen-bond donors (Lipinski definition) is 0. The number of amides is 1. The third-order valence-electron chi connectivity index (χ3n) is 4.36. The van der Waals surface area contributed by atoms with Gasteiger partial charge < -0.3 is 18.8 Å². The second-order valence-corrected chi connectivity index (χ2v) is 7.21. The maximum absolute atomic E-state index is 12.4. The molecule has 0 unspecified atom stereocenters. The second kappa shape index (κ2) is 9.97. The number of nitrogens with zero attached hydrogens (tertiary/aromatic N) is 3. The minimum Gasteiger partial charge on any atom is -0.493 e. The van der Waals surface area contributed by atoms with Crippen molar-refractivity contribution >= 4 is 17.7 Å². The van der Waals surface area contributed by atoms with Crippen LogP contribution in [0, 0.1) is 0 Å². The summed E-state index contributed by atoms with van der Waals surface area (Å²) in [6.45, 7) is 0.591. The van der Waals surface area contributed by atoms with Crippen LogP contribution in [-0.4, -0.2) is 54.6 Å². The average molecular weight is 413 g/mol. The number of rotatable bonds is 9. The molecule has 0 aliphatic carbocycles. The van der Waals surface area contributed by atoms with Crippen LogP contribution in [0.5, 0.6) is 11.5 Å². The fraction of sp³-hybridized carbons (Fsp3) is 0.286. The van der Waals surface area contributed by atoms with Crippen molar-refractivity contribution in [3.05, 3.63) is 54.1 Å². The first-order chi connectivity index (χ1) is 14.1. The molecule has 0 aliphatic heterocycles. The summed E-state index contributed by atoms with van der Waals surface area (Å²) in [5.74, 6) is 2.04. The topological polar surface area (TPSA) is 77.7 Å². The lowest BCUT2D eigenvalue weighted by atomic mass is 10.1. The van der Waals surface area contributed by atoms with Gasteiger partial charge in [0.2, 0.25) is 11.8 Å². The van der Waals surface area contributed by atoms with Crippen LogP contribution < -0.4 is 9.47 Å². The minimum atomic E-state index is -0.00469. The lowest BCUT2D eigenvalue weighted by Crippen LogP contribution is -2.30. The van der Waals surface area contributed by atoms with E-state index >= 15 is 0 Å². The Hall–Kier alpha value is -3.00. The Kier molecular flexibility index (Phi) is 7.13. The van der Waals surface area contributed by atoms with Crippen molar-refractivity contribution in [2.24, 2.45) is 0 Å². The summed E-state index contributed by atoms with van der Waals surface area (Å²) >= 11 is 1.24. The maximum atomic E-state index is 12.4. The molecule has 0 fully saturated rings. The van der Waals surface area contributed by atoms with Crippen LogP contribution in [0.2, 0.25) is 0 Å². The number of benzene rings is 2. The molecule has 0 saturated heterocycles. The van der Waals surface area contributed by atoms with Gasteiger partial charge in [0.05, 0.1) is 20.0 Å². The molecule has 0 N–H and O–H groups in total. The molecule has 1 amide bonds. The number of aromatic nitrogens is 2. The normalized spacial score (nSPS) is 10.6. The van der Waals surface area contributed by atoms with E-state index in [1.54, 1.807) is 26.2 Å². The van der Waals surface area contributed by atoms with Gasteiger partial charge in [0.15, 0.2) is 11.5 Å². The molecule has 0 atom stereocenters. The zero-order chi connectivity index (χ0) is 20.6. The van der Waals surface area contributed by atoms with E-state index in [2.05, 4.69) is 10.2 Å². The maximum Gasteiger partial charge on any atom is 0.277 e. The molecule has 152 valence electrons. The molecule has 1 heterocycles. The van der Waals surface area contributed by atoms with Crippen molar-refractivity contribution in [1.82, 2.24) is 15.1 Å². The smallest absolute Gasteiger partial charge is 0.277 e. The van der Waals surface area contributed by atoms with Crippen molar-refractivity contribution in [3.63, 3.8) is 0 Å². The van der Waals surface area contributed by atoms with Gasteiger partial charge in [-0.15, -0.1) is 10.2 Å². The molecule has 0 saturated carbocycles. The molecule has 0 bridgehead atoms. The summed E-state index contributed by atoms with van der Waals surface area (Å²) < 4.78 is 16.2. The minimum absolute atomic E-state index is 0.00469. The molecule has 8 heteroatoms. The van der Waals surface area contributed by atoms with Crippen molar-refractivity contribution < 1.29 is 18.7 Å². The van der Waals surface area contributed by atoms with E-state index in [9.17, 15) is 4.79 Å². The van der Waals surface area contributed by atoms with E-state index < -0.39 is 0 Å². The van der Waals surface area contributed by atoms with Gasteiger partial charge in [-0.3, -0.25) is 4.79 Å². The van der Waals surface area contributed by atoms with Gasteiger partial charge in [-0.05, 0) is 36.2 Å². The van der Waals surface area contributed by atoms with Crippen molar-refractivity contribution in [2.75, 3.05) is 33.6 Å². The predicted molar refractivity (Wildman–Crippen MR) is 111 cm³/mol. The second-order valence-electron chi connectivity index (χ2n) is 6.28. The molecule has 1 aromatic heterocycles. The molecule has 0 aliphatic rings. The number of hydrogen-bond acceptors (Lipinski definition) is 7. The Bertz CT molecular complexity index is 946.